The van der Waals surface area contributed by atoms with E-state index < -0.39 is 0 Å². The second-order valence-corrected chi connectivity index (χ2v) is 12.3. The Hall–Kier alpha value is -5.70. The number of ether oxygens (including phenoxy) is 4. The molecule has 3 fully saturated rings. The number of hydrogen-bond donors (Lipinski definition) is 3. The van der Waals surface area contributed by atoms with Crippen LogP contribution in [0.15, 0.2) is 24.8 Å². The maximum Gasteiger partial charge on any atom is 0.224 e. The molecule has 0 spiro atoms. The largest absolute Gasteiger partial charge is 0.378 e. The number of rotatable bonds is 6. The number of nitrogens with one attached hydrogen (secondary N) is 1. The first-order valence-electron chi connectivity index (χ1n) is 16.9. The van der Waals surface area contributed by atoms with Gasteiger partial charge in [-0.3, -0.25) is 9.78 Å². The van der Waals surface area contributed by atoms with Crippen molar-refractivity contribution in [3.8, 4) is 22.5 Å². The zero-order valence-corrected chi connectivity index (χ0v) is 28.8. The Morgan fingerprint density at radius 2 is 1.27 bits per heavy atom. The summed E-state index contributed by atoms with van der Waals surface area (Å²) in [5, 5.41) is 11.6. The van der Waals surface area contributed by atoms with Crippen LogP contribution in [0.1, 0.15) is 11.4 Å². The lowest BCUT2D eigenvalue weighted by molar-refractivity contribution is -0.0545. The van der Waals surface area contributed by atoms with Gasteiger partial charge in [-0.15, -0.1) is 0 Å². The highest BCUT2D eigenvalue weighted by Gasteiger charge is 2.22. The van der Waals surface area contributed by atoms with Crippen molar-refractivity contribution < 1.29 is 18.9 Å². The van der Waals surface area contributed by atoms with Crippen LogP contribution < -0.4 is 21.3 Å². The molecule has 0 saturated carbocycles. The summed E-state index contributed by atoms with van der Waals surface area (Å²) in [6.07, 6.45) is 6.75. The molecule has 5 N–H and O–H groups in total. The van der Waals surface area contributed by atoms with Crippen molar-refractivity contribution in [2.75, 3.05) is 87.1 Å². The molecule has 52 heavy (non-hydrogen) atoms. The highest BCUT2D eigenvalue weighted by Crippen LogP contribution is 2.29. The zero-order valence-electron chi connectivity index (χ0n) is 28.8. The third-order valence-corrected chi connectivity index (χ3v) is 8.77. The molecule has 270 valence electrons. The monoisotopic (exact) mass is 710 g/mol. The summed E-state index contributed by atoms with van der Waals surface area (Å²) in [7, 11) is 0. The third-order valence-electron chi connectivity index (χ3n) is 8.77. The van der Waals surface area contributed by atoms with Crippen LogP contribution in [0.4, 0.5) is 23.5 Å². The molecule has 0 atom stereocenters. The Morgan fingerprint density at radius 3 is 1.83 bits per heavy atom. The van der Waals surface area contributed by atoms with Crippen LogP contribution in [-0.4, -0.2) is 132 Å². The number of aromatic amines is 1. The highest BCUT2D eigenvalue weighted by molar-refractivity contribution is 5.87. The van der Waals surface area contributed by atoms with E-state index in [-0.39, 0.29) is 18.2 Å². The summed E-state index contributed by atoms with van der Waals surface area (Å²) in [5.74, 6) is 1.76. The predicted octanol–water partition coefficient (Wildman–Crippen LogP) is 0.921. The fourth-order valence-corrected chi connectivity index (χ4v) is 6.26. The van der Waals surface area contributed by atoms with Gasteiger partial charge in [-0.2, -0.15) is 30.1 Å². The summed E-state index contributed by atoms with van der Waals surface area (Å²) in [4.78, 5) is 39.9. The molecule has 0 amide bonds. The van der Waals surface area contributed by atoms with Gasteiger partial charge in [0.25, 0.3) is 0 Å². The van der Waals surface area contributed by atoms with Crippen LogP contribution in [0.2, 0.25) is 0 Å². The molecule has 3 saturated heterocycles. The molecule has 9 rings (SSSR count). The van der Waals surface area contributed by atoms with E-state index in [1.165, 1.54) is 0 Å². The predicted molar refractivity (Wildman–Crippen MR) is 189 cm³/mol. The molecule has 0 unspecified atom stereocenters. The van der Waals surface area contributed by atoms with Crippen LogP contribution in [-0.2, 0) is 25.5 Å². The lowest BCUT2D eigenvalue weighted by Crippen LogP contribution is -2.37. The van der Waals surface area contributed by atoms with Crippen LogP contribution in [0.25, 0.3) is 44.8 Å². The molecular weight excluding hydrogens is 672 g/mol. The molecule has 0 aromatic carbocycles. The Kier molecular flexibility index (Phi) is 9.33. The molecular formula is C32H38N16O4. The first-order valence-corrected chi connectivity index (χ1v) is 16.9. The van der Waals surface area contributed by atoms with Gasteiger partial charge in [-0.1, -0.05) is 0 Å². The summed E-state index contributed by atoms with van der Waals surface area (Å²) >= 11 is 0. The molecule has 0 radical (unpaired) electrons. The molecule has 0 bridgehead atoms. The molecule has 6 aromatic rings. The van der Waals surface area contributed by atoms with E-state index in [4.69, 9.17) is 40.4 Å². The topological polar surface area (TPSA) is 245 Å². The first-order chi connectivity index (χ1) is 25.4. The number of nitrogens with two attached hydrogens (primary N) is 2. The smallest absolute Gasteiger partial charge is 0.224 e. The Morgan fingerprint density at radius 1 is 0.712 bits per heavy atom. The lowest BCUT2D eigenvalue weighted by atomic mass is 10.1. The van der Waals surface area contributed by atoms with E-state index in [1.807, 2.05) is 20.0 Å². The van der Waals surface area contributed by atoms with E-state index in [1.54, 1.807) is 23.3 Å². The van der Waals surface area contributed by atoms with Gasteiger partial charge in [0, 0.05) is 49.2 Å². The normalized spacial score (nSPS) is 16.8. The van der Waals surface area contributed by atoms with Gasteiger partial charge >= 0.3 is 0 Å². The minimum Gasteiger partial charge on any atom is -0.378 e. The number of nitrogens with zero attached hydrogens (tertiary/aromatic N) is 13. The fourth-order valence-electron chi connectivity index (χ4n) is 6.26. The first kappa shape index (κ1) is 33.4. The molecule has 3 aliphatic heterocycles. The van der Waals surface area contributed by atoms with Crippen LogP contribution in [0, 0.1) is 13.8 Å². The number of H-pyrrole nitrogens is 1. The van der Waals surface area contributed by atoms with Gasteiger partial charge in [0.1, 0.15) is 0 Å². The number of hydrogen-bond acceptors (Lipinski definition) is 18. The Balaban J connectivity index is 0.000000151. The van der Waals surface area contributed by atoms with Gasteiger partial charge in [0.15, 0.2) is 40.3 Å². The number of nitrogen functional groups attached to an aromatic ring is 2. The summed E-state index contributed by atoms with van der Waals surface area (Å²) in [6.45, 7) is 11.1. The van der Waals surface area contributed by atoms with Gasteiger partial charge in [0.05, 0.1) is 81.9 Å². The van der Waals surface area contributed by atoms with E-state index in [9.17, 15) is 0 Å². The fraction of sp³-hybridized carbons (Fsp3) is 0.438. The molecule has 3 aliphatic rings. The van der Waals surface area contributed by atoms with Crippen LogP contribution >= 0.6 is 0 Å². The summed E-state index contributed by atoms with van der Waals surface area (Å²) in [6, 6.07) is 0. The second kappa shape index (κ2) is 14.5. The van der Waals surface area contributed by atoms with Gasteiger partial charge in [-0.05, 0) is 13.8 Å². The SMILES string of the molecule is Cc1n[nH]c(C)c1-c1cnc2nc(N)nc(N3CCOCC3)c2n1.Nc1nc(N2CCOCC2)c2nc(-c3cnn(CC4OCCO4)c3)cnc2n1. The molecule has 20 heteroatoms. The number of morpholine rings is 2. The zero-order chi connectivity index (χ0) is 35.6. The van der Waals surface area contributed by atoms with E-state index in [2.05, 4.69) is 55.0 Å². The minimum atomic E-state index is -0.264. The van der Waals surface area contributed by atoms with Crippen molar-refractivity contribution in [1.82, 2.24) is 59.8 Å². The molecule has 0 aliphatic carbocycles. The van der Waals surface area contributed by atoms with Crippen molar-refractivity contribution in [2.45, 2.75) is 26.7 Å². The van der Waals surface area contributed by atoms with Crippen LogP contribution in [0.5, 0.6) is 0 Å². The van der Waals surface area contributed by atoms with Crippen molar-refractivity contribution >= 4 is 45.9 Å². The van der Waals surface area contributed by atoms with Gasteiger partial charge in [0.2, 0.25) is 11.9 Å². The van der Waals surface area contributed by atoms with Crippen molar-refractivity contribution in [2.24, 2.45) is 0 Å². The highest BCUT2D eigenvalue weighted by atomic mass is 16.7. The van der Waals surface area contributed by atoms with Crippen LogP contribution in [0.3, 0.4) is 0 Å². The summed E-state index contributed by atoms with van der Waals surface area (Å²) in [5.41, 5.74) is 19.0. The standard InChI is InChI=1S/C17H20N8O3.C15H18N8O/c18-17-22-15-14(16(23-17)24-1-3-26-4-2-24)21-12(8-19-15)11-7-20-25(9-11)10-13-27-5-6-28-13;1-8-11(9(2)22-21-8)10-7-17-13-12(18-10)14(20-15(16)19-13)23-3-5-24-6-4-23/h7-9,13H,1-6,10H2,(H2,18,19,22,23);7H,3-6H2,1-2H3,(H,21,22)(H2,16,17,19,20). The molecule has 20 nitrogen and oxygen atoms in total. The van der Waals surface area contributed by atoms with Gasteiger partial charge in [-0.25, -0.2) is 19.9 Å². The number of aromatic nitrogens is 12. The minimum absolute atomic E-state index is 0.181. The molecule has 6 aromatic heterocycles. The molecule has 9 heterocycles. The average Bonchev–Trinajstić information content (AvgIpc) is 3.94. The maximum atomic E-state index is 5.88. The lowest BCUT2D eigenvalue weighted by Gasteiger charge is -2.28. The quantitative estimate of drug-likeness (QED) is 0.217. The Bertz CT molecular complexity index is 2170. The second-order valence-electron chi connectivity index (χ2n) is 12.3. The summed E-state index contributed by atoms with van der Waals surface area (Å²) < 4.78 is 23.6. The maximum absolute atomic E-state index is 5.88. The number of anilines is 4. The average molecular weight is 711 g/mol. The van der Waals surface area contributed by atoms with Gasteiger partial charge < -0.3 is 40.2 Å². The Labute approximate surface area is 296 Å². The van der Waals surface area contributed by atoms with Crippen molar-refractivity contribution in [3.05, 3.63) is 36.2 Å². The third kappa shape index (κ3) is 6.95. The van der Waals surface area contributed by atoms with Crippen molar-refractivity contribution in [3.63, 3.8) is 0 Å². The van der Waals surface area contributed by atoms with E-state index >= 15 is 0 Å². The number of aryl methyl sites for hydroxylation is 2. The van der Waals surface area contributed by atoms with E-state index in [0.717, 1.165) is 54.4 Å². The van der Waals surface area contributed by atoms with Crippen molar-refractivity contribution in [1.29, 1.82) is 0 Å². The van der Waals surface area contributed by atoms with E-state index in [0.29, 0.717) is 85.8 Å². The number of fused-ring (bicyclic) bond motifs is 2.